The molecule has 1 aromatic rings. The van der Waals surface area contributed by atoms with E-state index in [1.165, 1.54) is 21.3 Å². The van der Waals surface area contributed by atoms with Gasteiger partial charge >= 0.3 is 12.0 Å². The second kappa shape index (κ2) is 8.46. The lowest BCUT2D eigenvalue weighted by Crippen LogP contribution is -2.45. The summed E-state index contributed by atoms with van der Waals surface area (Å²) in [4.78, 5) is 23.0. The van der Waals surface area contributed by atoms with Gasteiger partial charge < -0.3 is 30.0 Å². The molecule has 8 nitrogen and oxygen atoms in total. The maximum atomic E-state index is 12.3. The number of hydrogen-bond acceptors (Lipinski definition) is 5. The smallest absolute Gasteiger partial charge is 0.319 e. The Morgan fingerprint density at radius 2 is 1.72 bits per heavy atom. The monoisotopic (exact) mass is 354 g/mol. The fraction of sp³-hybridized carbons (Fsp3) is 0.529. The van der Waals surface area contributed by atoms with Crippen LogP contribution in [0.25, 0.3) is 0 Å². The summed E-state index contributed by atoms with van der Waals surface area (Å²) in [5.41, 5.74) is 0.426. The van der Waals surface area contributed by atoms with E-state index in [4.69, 9.17) is 19.3 Å². The summed E-state index contributed by atoms with van der Waals surface area (Å²) in [5, 5.41) is 14.3. The lowest BCUT2D eigenvalue weighted by molar-refractivity contribution is -0.137. The third kappa shape index (κ3) is 5.44. The zero-order chi connectivity index (χ0) is 19.2. The molecule has 0 aliphatic rings. The predicted molar refractivity (Wildman–Crippen MR) is 93.9 cm³/mol. The van der Waals surface area contributed by atoms with Crippen LogP contribution in [0.3, 0.4) is 0 Å². The van der Waals surface area contributed by atoms with Gasteiger partial charge in [-0.25, -0.2) is 4.79 Å². The minimum Gasteiger partial charge on any atom is -0.494 e. The average Bonchev–Trinajstić information content (AvgIpc) is 2.52. The van der Waals surface area contributed by atoms with E-state index in [-0.39, 0.29) is 6.42 Å². The van der Waals surface area contributed by atoms with Crippen LogP contribution in [0.1, 0.15) is 32.3 Å². The molecule has 8 heteroatoms. The summed E-state index contributed by atoms with van der Waals surface area (Å²) in [6, 6.07) is 1.13. The maximum Gasteiger partial charge on any atom is 0.319 e. The first-order valence-electron chi connectivity index (χ1n) is 7.75. The van der Waals surface area contributed by atoms with E-state index in [0.29, 0.717) is 34.9 Å². The van der Waals surface area contributed by atoms with Crippen molar-refractivity contribution in [2.24, 2.45) is 0 Å². The topological polar surface area (TPSA) is 106 Å². The molecule has 0 radical (unpaired) electrons. The number of carboxylic acid groups (broad SMARTS) is 1. The minimum absolute atomic E-state index is 0.0356. The molecule has 0 saturated carbocycles. The van der Waals surface area contributed by atoms with Crippen LogP contribution in [0, 0.1) is 6.92 Å². The summed E-state index contributed by atoms with van der Waals surface area (Å²) >= 11 is 0. The molecule has 140 valence electrons. The van der Waals surface area contributed by atoms with Crippen LogP contribution in [-0.2, 0) is 4.79 Å². The number of anilines is 1. The van der Waals surface area contributed by atoms with Crippen LogP contribution >= 0.6 is 0 Å². The highest BCUT2D eigenvalue weighted by Crippen LogP contribution is 2.42. The van der Waals surface area contributed by atoms with E-state index in [1.807, 2.05) is 0 Å². The Kier molecular flexibility index (Phi) is 6.90. The van der Waals surface area contributed by atoms with Crippen LogP contribution < -0.4 is 24.8 Å². The van der Waals surface area contributed by atoms with E-state index in [1.54, 1.807) is 26.8 Å². The molecule has 3 N–H and O–H groups in total. The van der Waals surface area contributed by atoms with Gasteiger partial charge in [-0.2, -0.15) is 0 Å². The largest absolute Gasteiger partial charge is 0.494 e. The van der Waals surface area contributed by atoms with Crippen molar-refractivity contribution in [1.29, 1.82) is 0 Å². The number of carbonyl (C=O) groups is 2. The quantitative estimate of drug-likeness (QED) is 0.663. The second-order valence-electron chi connectivity index (χ2n) is 6.17. The first-order valence-corrected chi connectivity index (χ1v) is 7.75. The molecule has 0 aromatic heterocycles. The highest BCUT2D eigenvalue weighted by Gasteiger charge is 2.23. The van der Waals surface area contributed by atoms with Crippen LogP contribution in [-0.4, -0.2) is 44.0 Å². The number of nitrogens with one attached hydrogen (secondary N) is 2. The molecule has 2 amide bonds. The number of rotatable bonds is 8. The highest BCUT2D eigenvalue weighted by molar-refractivity contribution is 5.92. The van der Waals surface area contributed by atoms with Crippen LogP contribution in [0.5, 0.6) is 17.2 Å². The number of urea groups is 1. The van der Waals surface area contributed by atoms with E-state index < -0.39 is 17.5 Å². The molecule has 0 atom stereocenters. The molecule has 0 aliphatic heterocycles. The summed E-state index contributed by atoms with van der Waals surface area (Å²) < 4.78 is 16.0. The predicted octanol–water partition coefficient (Wildman–Crippen LogP) is 2.79. The van der Waals surface area contributed by atoms with E-state index in [9.17, 15) is 9.59 Å². The number of carboxylic acids is 1. The maximum absolute atomic E-state index is 12.3. The van der Waals surface area contributed by atoms with E-state index >= 15 is 0 Å². The molecule has 0 aliphatic carbocycles. The normalized spacial score (nSPS) is 10.8. The van der Waals surface area contributed by atoms with Gasteiger partial charge in [0, 0.05) is 23.6 Å². The van der Waals surface area contributed by atoms with E-state index in [0.717, 1.165) is 0 Å². The fourth-order valence-electron chi connectivity index (χ4n) is 2.46. The van der Waals surface area contributed by atoms with Crippen LogP contribution in [0.2, 0.25) is 0 Å². The van der Waals surface area contributed by atoms with Crippen LogP contribution in [0.15, 0.2) is 6.07 Å². The van der Waals surface area contributed by atoms with Crippen molar-refractivity contribution in [3.05, 3.63) is 11.6 Å². The van der Waals surface area contributed by atoms with Gasteiger partial charge in [0.05, 0.1) is 27.0 Å². The molecule has 0 spiro atoms. The van der Waals surface area contributed by atoms with Crippen LogP contribution in [0.4, 0.5) is 10.5 Å². The summed E-state index contributed by atoms with van der Waals surface area (Å²) in [6.45, 7) is 5.30. The molecule has 1 aromatic carbocycles. The van der Waals surface area contributed by atoms with Crippen molar-refractivity contribution in [3.8, 4) is 17.2 Å². The molecule has 1 rings (SSSR count). The highest BCUT2D eigenvalue weighted by atomic mass is 16.5. The molecule has 0 bridgehead atoms. The second-order valence-corrected chi connectivity index (χ2v) is 6.17. The van der Waals surface area contributed by atoms with Gasteiger partial charge in [-0.1, -0.05) is 0 Å². The Morgan fingerprint density at radius 1 is 1.12 bits per heavy atom. The van der Waals surface area contributed by atoms with Gasteiger partial charge in [0.25, 0.3) is 0 Å². The number of hydrogen-bond donors (Lipinski definition) is 3. The average molecular weight is 354 g/mol. The third-order valence-corrected chi connectivity index (χ3v) is 3.72. The lowest BCUT2D eigenvalue weighted by Gasteiger charge is -2.26. The third-order valence-electron chi connectivity index (χ3n) is 3.72. The molecule has 0 heterocycles. The Morgan fingerprint density at radius 3 is 2.20 bits per heavy atom. The minimum atomic E-state index is -0.910. The summed E-state index contributed by atoms with van der Waals surface area (Å²) in [5.74, 6) is 0.525. The Hall–Kier alpha value is -2.64. The van der Waals surface area contributed by atoms with Gasteiger partial charge in [-0.3, -0.25) is 4.79 Å². The SMILES string of the molecule is COc1cc(NC(=O)NC(C)(C)CCC(=O)O)c(OC)c(C)c1OC. The molecule has 0 fully saturated rings. The molecular formula is C17H26N2O6. The van der Waals surface area contributed by atoms with Crippen molar-refractivity contribution in [3.63, 3.8) is 0 Å². The number of aliphatic carboxylic acids is 1. The van der Waals surface area contributed by atoms with Gasteiger partial charge in [0.2, 0.25) is 0 Å². The lowest BCUT2D eigenvalue weighted by atomic mass is 9.99. The van der Waals surface area contributed by atoms with Crippen molar-refractivity contribution >= 4 is 17.7 Å². The van der Waals surface area contributed by atoms with Gasteiger partial charge in [-0.05, 0) is 27.2 Å². The van der Waals surface area contributed by atoms with Crippen molar-refractivity contribution < 1.29 is 28.9 Å². The van der Waals surface area contributed by atoms with Gasteiger partial charge in [0.1, 0.15) is 5.75 Å². The summed E-state index contributed by atoms with van der Waals surface area (Å²) in [6.07, 6.45) is 0.268. The zero-order valence-electron chi connectivity index (χ0n) is 15.5. The van der Waals surface area contributed by atoms with Crippen molar-refractivity contribution in [2.75, 3.05) is 26.6 Å². The fourth-order valence-corrected chi connectivity index (χ4v) is 2.46. The number of ether oxygens (including phenoxy) is 3. The van der Waals surface area contributed by atoms with Crippen molar-refractivity contribution in [2.45, 2.75) is 39.2 Å². The molecule has 0 unspecified atom stereocenters. The van der Waals surface area contributed by atoms with Crippen molar-refractivity contribution in [1.82, 2.24) is 5.32 Å². The number of benzene rings is 1. The Balaban J connectivity index is 3.00. The number of carbonyl (C=O) groups excluding carboxylic acids is 1. The number of amides is 2. The zero-order valence-corrected chi connectivity index (χ0v) is 15.5. The van der Waals surface area contributed by atoms with Gasteiger partial charge in [0.15, 0.2) is 11.5 Å². The summed E-state index contributed by atoms with van der Waals surface area (Å²) in [7, 11) is 4.52. The molecule has 0 saturated heterocycles. The standard InChI is InChI=1S/C17H26N2O6/c1-10-14(24-5)11(9-12(23-4)15(10)25-6)18-16(22)19-17(2,3)8-7-13(20)21/h9H,7-8H2,1-6H3,(H,20,21)(H2,18,19,22). The first-order chi connectivity index (χ1) is 11.6. The Labute approximate surface area is 147 Å². The number of methoxy groups -OCH3 is 3. The van der Waals surface area contributed by atoms with Gasteiger partial charge in [-0.15, -0.1) is 0 Å². The first kappa shape index (κ1) is 20.4. The van der Waals surface area contributed by atoms with E-state index in [2.05, 4.69) is 10.6 Å². The molecule has 25 heavy (non-hydrogen) atoms. The molecular weight excluding hydrogens is 328 g/mol. The Bertz CT molecular complexity index is 643.